The Kier molecular flexibility index (Phi) is 11.6. The van der Waals surface area contributed by atoms with E-state index in [1.165, 1.54) is 47.1 Å². The fourth-order valence-corrected chi connectivity index (χ4v) is 8.15. The number of nitrogens with one attached hydrogen (secondary N) is 3. The molecule has 3 aromatic carbocycles. The molecule has 0 aliphatic carbocycles. The molecule has 0 saturated heterocycles. The molecule has 0 atom stereocenters. The first kappa shape index (κ1) is 34.8. The van der Waals surface area contributed by atoms with Crippen molar-refractivity contribution in [2.75, 3.05) is 30.0 Å². The lowest BCUT2D eigenvalue weighted by Crippen LogP contribution is -2.30. The van der Waals surface area contributed by atoms with Gasteiger partial charge in [0.1, 0.15) is 10.7 Å². The standard InChI is InChI=1S/C38H34N4O5S3/c1-47-38(46)34-30-15-17-42(21-25-9-4-2-5-10-25)22-32(30)50-37(34)41-33(43)24-49-29-14-8-13-28(20-29)39-36(45)31(19-26-16-18-48-23-26)40-35(44)27-11-6-3-7-12-27/h2-14,16,18-20,23H,15,17,21-22,24H2,1H3,(H,39,45)(H,40,44)(H,41,43)/b31-19-. The van der Waals surface area contributed by atoms with E-state index in [4.69, 9.17) is 4.74 Å². The van der Waals surface area contributed by atoms with E-state index in [0.29, 0.717) is 34.8 Å². The molecule has 3 amide bonds. The molecule has 0 spiro atoms. The van der Waals surface area contributed by atoms with Crippen LogP contribution in [0.2, 0.25) is 0 Å². The zero-order valence-electron chi connectivity index (χ0n) is 27.1. The molecule has 0 bridgehead atoms. The van der Waals surface area contributed by atoms with Crippen molar-refractivity contribution in [3.63, 3.8) is 0 Å². The number of benzene rings is 3. The second-order valence-corrected chi connectivity index (χ2v) is 14.3. The number of nitrogens with zero attached hydrogens (tertiary/aromatic N) is 1. The second kappa shape index (κ2) is 16.6. The largest absolute Gasteiger partial charge is 0.465 e. The van der Waals surface area contributed by atoms with Gasteiger partial charge in [0, 0.05) is 40.7 Å². The van der Waals surface area contributed by atoms with Crippen molar-refractivity contribution in [1.29, 1.82) is 0 Å². The number of carbonyl (C=O) groups excluding carboxylic acids is 4. The van der Waals surface area contributed by atoms with Crippen molar-refractivity contribution in [2.24, 2.45) is 0 Å². The Morgan fingerprint density at radius 1 is 0.940 bits per heavy atom. The summed E-state index contributed by atoms with van der Waals surface area (Å²) in [6, 6.07) is 27.9. The van der Waals surface area contributed by atoms with Crippen LogP contribution in [0.5, 0.6) is 0 Å². The highest BCUT2D eigenvalue weighted by molar-refractivity contribution is 8.00. The van der Waals surface area contributed by atoms with E-state index in [-0.39, 0.29) is 17.4 Å². The Morgan fingerprint density at radius 3 is 2.46 bits per heavy atom. The number of carbonyl (C=O) groups is 4. The smallest absolute Gasteiger partial charge is 0.341 e. The summed E-state index contributed by atoms with van der Waals surface area (Å²) in [4.78, 5) is 56.5. The van der Waals surface area contributed by atoms with E-state index in [1.54, 1.807) is 48.5 Å². The van der Waals surface area contributed by atoms with Crippen molar-refractivity contribution in [3.05, 3.63) is 140 Å². The molecular formula is C38H34N4O5S3. The van der Waals surface area contributed by atoms with Gasteiger partial charge in [-0.15, -0.1) is 23.1 Å². The topological polar surface area (TPSA) is 117 Å². The molecular weight excluding hydrogens is 689 g/mol. The number of esters is 1. The predicted octanol–water partition coefficient (Wildman–Crippen LogP) is 7.29. The summed E-state index contributed by atoms with van der Waals surface area (Å²) in [5.74, 6) is -1.53. The van der Waals surface area contributed by atoms with Gasteiger partial charge in [-0.05, 0) is 76.3 Å². The summed E-state index contributed by atoms with van der Waals surface area (Å²) in [6.45, 7) is 2.28. The van der Waals surface area contributed by atoms with Crippen LogP contribution in [-0.4, -0.2) is 48.0 Å². The van der Waals surface area contributed by atoms with Gasteiger partial charge in [0.15, 0.2) is 0 Å². The molecule has 9 nitrogen and oxygen atoms in total. The number of hydrogen-bond donors (Lipinski definition) is 3. The summed E-state index contributed by atoms with van der Waals surface area (Å²) in [6.07, 6.45) is 2.31. The van der Waals surface area contributed by atoms with E-state index >= 15 is 0 Å². The van der Waals surface area contributed by atoms with E-state index in [2.05, 4.69) is 33.0 Å². The molecule has 3 heterocycles. The SMILES string of the molecule is COC(=O)c1c(NC(=O)CSc2cccc(NC(=O)/C(=C/c3ccsc3)NC(=O)c3ccccc3)c2)sc2c1CCN(Cc1ccccc1)C2. The van der Waals surface area contributed by atoms with Crippen LogP contribution in [0, 0.1) is 0 Å². The number of anilines is 2. The van der Waals surface area contributed by atoms with E-state index in [1.807, 2.05) is 47.2 Å². The Morgan fingerprint density at radius 2 is 1.72 bits per heavy atom. The van der Waals surface area contributed by atoms with Gasteiger partial charge in [-0.3, -0.25) is 19.3 Å². The van der Waals surface area contributed by atoms with Crippen LogP contribution < -0.4 is 16.0 Å². The average molecular weight is 723 g/mol. The lowest BCUT2D eigenvalue weighted by Gasteiger charge is -2.27. The van der Waals surface area contributed by atoms with Crippen LogP contribution in [-0.2, 0) is 33.8 Å². The maximum Gasteiger partial charge on any atom is 0.341 e. The van der Waals surface area contributed by atoms with Gasteiger partial charge < -0.3 is 20.7 Å². The molecule has 1 aliphatic heterocycles. The Bertz CT molecular complexity index is 2010. The third-order valence-electron chi connectivity index (χ3n) is 7.87. The third kappa shape index (κ3) is 8.96. The molecule has 0 unspecified atom stereocenters. The van der Waals surface area contributed by atoms with Crippen LogP contribution in [0.3, 0.4) is 0 Å². The highest BCUT2D eigenvalue weighted by atomic mass is 32.2. The number of fused-ring (bicyclic) bond motifs is 1. The van der Waals surface area contributed by atoms with E-state index in [0.717, 1.165) is 34.0 Å². The first-order valence-electron chi connectivity index (χ1n) is 15.8. The average Bonchev–Trinajstić information content (AvgIpc) is 3.78. The maximum absolute atomic E-state index is 13.4. The fourth-order valence-electron chi connectivity index (χ4n) is 5.48. The van der Waals surface area contributed by atoms with Crippen molar-refractivity contribution in [3.8, 4) is 0 Å². The highest BCUT2D eigenvalue weighted by Gasteiger charge is 2.29. The summed E-state index contributed by atoms with van der Waals surface area (Å²) in [5, 5.41) is 12.8. The molecule has 50 heavy (non-hydrogen) atoms. The molecule has 6 rings (SSSR count). The molecule has 12 heteroatoms. The summed E-state index contributed by atoms with van der Waals surface area (Å²) in [7, 11) is 1.35. The lowest BCUT2D eigenvalue weighted by molar-refractivity contribution is -0.114. The number of thiophene rings is 2. The molecule has 0 saturated carbocycles. The van der Waals surface area contributed by atoms with Crippen molar-refractivity contribution in [2.45, 2.75) is 24.4 Å². The minimum atomic E-state index is -0.486. The first-order valence-corrected chi connectivity index (χ1v) is 18.5. The van der Waals surface area contributed by atoms with E-state index < -0.39 is 17.8 Å². The number of methoxy groups -OCH3 is 1. The minimum absolute atomic E-state index is 0.0805. The monoisotopic (exact) mass is 722 g/mol. The second-order valence-electron chi connectivity index (χ2n) is 11.4. The fraction of sp³-hybridized carbons (Fsp3) is 0.158. The van der Waals surface area contributed by atoms with Gasteiger partial charge in [0.25, 0.3) is 11.8 Å². The minimum Gasteiger partial charge on any atom is -0.465 e. The van der Waals surface area contributed by atoms with Crippen LogP contribution in [0.4, 0.5) is 10.7 Å². The third-order valence-corrected chi connectivity index (χ3v) is 10.7. The highest BCUT2D eigenvalue weighted by Crippen LogP contribution is 2.38. The Balaban J connectivity index is 1.09. The Labute approximate surface area is 302 Å². The first-order chi connectivity index (χ1) is 24.4. The Hall–Kier alpha value is -5.01. The summed E-state index contributed by atoms with van der Waals surface area (Å²) >= 11 is 4.20. The quantitative estimate of drug-likeness (QED) is 0.0704. The molecule has 3 N–H and O–H groups in total. The molecule has 1 aliphatic rings. The number of rotatable bonds is 12. The molecule has 0 radical (unpaired) electrons. The van der Waals surface area contributed by atoms with Gasteiger partial charge in [-0.25, -0.2) is 4.79 Å². The normalized spacial score (nSPS) is 12.9. The van der Waals surface area contributed by atoms with Crippen molar-refractivity contribution in [1.82, 2.24) is 10.2 Å². The van der Waals surface area contributed by atoms with Gasteiger partial charge in [-0.2, -0.15) is 11.3 Å². The number of thioether (sulfide) groups is 1. The zero-order valence-corrected chi connectivity index (χ0v) is 29.6. The van der Waals surface area contributed by atoms with Gasteiger partial charge in [-0.1, -0.05) is 54.6 Å². The van der Waals surface area contributed by atoms with Gasteiger partial charge in [0.2, 0.25) is 5.91 Å². The van der Waals surface area contributed by atoms with Crippen molar-refractivity contribution >= 4 is 74.9 Å². The summed E-state index contributed by atoms with van der Waals surface area (Å²) < 4.78 is 5.11. The predicted molar refractivity (Wildman–Crippen MR) is 201 cm³/mol. The van der Waals surface area contributed by atoms with Crippen LogP contribution >= 0.6 is 34.4 Å². The number of ether oxygens (including phenoxy) is 1. The van der Waals surface area contributed by atoms with Gasteiger partial charge >= 0.3 is 5.97 Å². The number of hydrogen-bond acceptors (Lipinski definition) is 9. The van der Waals surface area contributed by atoms with Crippen LogP contribution in [0.25, 0.3) is 6.08 Å². The lowest BCUT2D eigenvalue weighted by atomic mass is 10.0. The zero-order chi connectivity index (χ0) is 34.9. The molecule has 254 valence electrons. The maximum atomic E-state index is 13.4. The van der Waals surface area contributed by atoms with Gasteiger partial charge in [0.05, 0.1) is 18.4 Å². The number of amides is 3. The van der Waals surface area contributed by atoms with E-state index in [9.17, 15) is 19.2 Å². The van der Waals surface area contributed by atoms with Crippen molar-refractivity contribution < 1.29 is 23.9 Å². The molecule has 0 fully saturated rings. The van der Waals surface area contributed by atoms with Crippen LogP contribution in [0.15, 0.2) is 112 Å². The molecule has 2 aromatic heterocycles. The van der Waals surface area contributed by atoms with Crippen LogP contribution in [0.1, 0.15) is 42.3 Å². The molecule has 5 aromatic rings. The summed E-state index contributed by atoms with van der Waals surface area (Å²) in [5.41, 5.74) is 4.41.